The molecule has 1 heterocycles. The van der Waals surface area contributed by atoms with E-state index in [-0.39, 0.29) is 6.04 Å². The van der Waals surface area contributed by atoms with E-state index in [2.05, 4.69) is 29.4 Å². The van der Waals surface area contributed by atoms with E-state index >= 15 is 0 Å². The van der Waals surface area contributed by atoms with Crippen LogP contribution in [0.3, 0.4) is 0 Å². The number of nitrogens with one attached hydrogen (secondary N) is 1. The number of aryl methyl sites for hydroxylation is 1. The number of hydrogen-bond acceptors (Lipinski definition) is 4. The molecule has 17 heavy (non-hydrogen) atoms. The van der Waals surface area contributed by atoms with Gasteiger partial charge in [0.1, 0.15) is 0 Å². The fourth-order valence-corrected chi connectivity index (χ4v) is 3.60. The molecule has 2 aromatic rings. The maximum absolute atomic E-state index is 11.1. The lowest BCUT2D eigenvalue weighted by Crippen LogP contribution is -2.22. The summed E-state index contributed by atoms with van der Waals surface area (Å²) in [7, 11) is -0.777. The summed E-state index contributed by atoms with van der Waals surface area (Å²) in [6, 6.07) is 6.37. The molecule has 0 aliphatic rings. The summed E-state index contributed by atoms with van der Waals surface area (Å²) in [4.78, 5) is 4.57. The molecule has 0 bridgehead atoms. The first-order valence-corrected chi connectivity index (χ1v) is 8.03. The van der Waals surface area contributed by atoms with Crippen LogP contribution in [0.15, 0.2) is 18.2 Å². The van der Waals surface area contributed by atoms with Gasteiger partial charge >= 0.3 is 0 Å². The monoisotopic (exact) mass is 268 g/mol. The smallest absolute Gasteiger partial charge is 0.184 e. The second kappa shape index (κ2) is 5.14. The highest BCUT2D eigenvalue weighted by Gasteiger charge is 2.09. The Morgan fingerprint density at radius 3 is 2.94 bits per heavy atom. The third-order valence-corrected chi connectivity index (χ3v) is 4.40. The number of fused-ring (bicyclic) bond motifs is 1. The first-order chi connectivity index (χ1) is 8.06. The van der Waals surface area contributed by atoms with Crippen LogP contribution in [0.25, 0.3) is 10.2 Å². The predicted octanol–water partition coefficient (Wildman–Crippen LogP) is 2.78. The Morgan fingerprint density at radius 2 is 2.29 bits per heavy atom. The van der Waals surface area contributed by atoms with Crippen molar-refractivity contribution in [1.29, 1.82) is 0 Å². The molecule has 0 saturated heterocycles. The van der Waals surface area contributed by atoms with Gasteiger partial charge in [-0.15, -0.1) is 0 Å². The van der Waals surface area contributed by atoms with E-state index < -0.39 is 10.8 Å². The van der Waals surface area contributed by atoms with E-state index in [4.69, 9.17) is 0 Å². The number of benzene rings is 1. The Bertz CT molecular complexity index is 550. The number of rotatable bonds is 4. The Balaban J connectivity index is 2.20. The highest BCUT2D eigenvalue weighted by molar-refractivity contribution is 7.84. The van der Waals surface area contributed by atoms with Gasteiger partial charge in [-0.2, -0.15) is 0 Å². The molecule has 1 aromatic heterocycles. The molecule has 1 aromatic carbocycles. The third-order valence-electron chi connectivity index (χ3n) is 2.48. The first kappa shape index (κ1) is 12.5. The predicted molar refractivity (Wildman–Crippen MR) is 76.4 cm³/mol. The Morgan fingerprint density at radius 1 is 1.53 bits per heavy atom. The van der Waals surface area contributed by atoms with Gasteiger partial charge in [-0.3, -0.25) is 4.21 Å². The maximum atomic E-state index is 11.1. The van der Waals surface area contributed by atoms with Crippen molar-refractivity contribution >= 4 is 37.5 Å². The van der Waals surface area contributed by atoms with Gasteiger partial charge in [0.2, 0.25) is 0 Å². The summed E-state index contributed by atoms with van der Waals surface area (Å²) < 4.78 is 12.3. The van der Waals surface area contributed by atoms with E-state index in [1.165, 1.54) is 10.3 Å². The zero-order valence-corrected chi connectivity index (χ0v) is 11.8. The fraction of sp³-hybridized carbons (Fsp3) is 0.417. The number of hydrogen-bond donors (Lipinski definition) is 1. The van der Waals surface area contributed by atoms with Crippen LogP contribution in [0.5, 0.6) is 0 Å². The van der Waals surface area contributed by atoms with Crippen molar-refractivity contribution in [3.8, 4) is 0 Å². The molecule has 2 unspecified atom stereocenters. The average Bonchev–Trinajstić information content (AvgIpc) is 2.60. The summed E-state index contributed by atoms with van der Waals surface area (Å²) >= 11 is 1.65. The number of thiazole rings is 1. The Labute approximate surface area is 108 Å². The Kier molecular flexibility index (Phi) is 3.79. The molecule has 2 atom stereocenters. The molecule has 0 aliphatic carbocycles. The lowest BCUT2D eigenvalue weighted by Gasteiger charge is -2.10. The fourth-order valence-electron chi connectivity index (χ4n) is 1.75. The van der Waals surface area contributed by atoms with Crippen LogP contribution >= 0.6 is 11.3 Å². The van der Waals surface area contributed by atoms with Gasteiger partial charge in [0.05, 0.1) is 10.2 Å². The van der Waals surface area contributed by atoms with Gasteiger partial charge in [-0.1, -0.05) is 23.5 Å². The molecule has 2 rings (SSSR count). The third kappa shape index (κ3) is 3.04. The number of nitrogens with zero attached hydrogens (tertiary/aromatic N) is 1. The minimum atomic E-state index is -0.777. The molecular formula is C12H16N2OS2. The lowest BCUT2D eigenvalue weighted by atomic mass is 10.2. The SMILES string of the molecule is Cc1cccc2sc(NC(C)CS(C)=O)nc12. The first-order valence-electron chi connectivity index (χ1n) is 5.49. The second-order valence-electron chi connectivity index (χ2n) is 4.23. The molecule has 0 fully saturated rings. The van der Waals surface area contributed by atoms with Gasteiger partial charge in [0, 0.05) is 28.9 Å². The quantitative estimate of drug-likeness (QED) is 0.927. The van der Waals surface area contributed by atoms with Crippen molar-refractivity contribution in [2.45, 2.75) is 19.9 Å². The van der Waals surface area contributed by atoms with Crippen LogP contribution in [-0.2, 0) is 10.8 Å². The van der Waals surface area contributed by atoms with Gasteiger partial charge in [0.25, 0.3) is 0 Å². The molecule has 1 N–H and O–H groups in total. The molecule has 0 radical (unpaired) electrons. The van der Waals surface area contributed by atoms with Crippen LogP contribution in [0, 0.1) is 6.92 Å². The van der Waals surface area contributed by atoms with Crippen molar-refractivity contribution in [1.82, 2.24) is 4.98 Å². The molecule has 0 saturated carbocycles. The number of anilines is 1. The maximum Gasteiger partial charge on any atom is 0.184 e. The van der Waals surface area contributed by atoms with Crippen molar-refractivity contribution in [3.63, 3.8) is 0 Å². The van der Waals surface area contributed by atoms with E-state index in [0.29, 0.717) is 5.75 Å². The Hall–Kier alpha value is -0.940. The van der Waals surface area contributed by atoms with Crippen molar-refractivity contribution in [2.75, 3.05) is 17.3 Å². The molecule has 3 nitrogen and oxygen atoms in total. The number of para-hydroxylation sites is 1. The summed E-state index contributed by atoms with van der Waals surface area (Å²) in [5.41, 5.74) is 2.25. The summed E-state index contributed by atoms with van der Waals surface area (Å²) in [6.45, 7) is 4.09. The topological polar surface area (TPSA) is 42.0 Å². The lowest BCUT2D eigenvalue weighted by molar-refractivity contribution is 0.683. The minimum absolute atomic E-state index is 0.182. The summed E-state index contributed by atoms with van der Waals surface area (Å²) in [5, 5.41) is 4.21. The summed E-state index contributed by atoms with van der Waals surface area (Å²) in [6.07, 6.45) is 1.72. The van der Waals surface area contributed by atoms with E-state index in [0.717, 1.165) is 10.6 Å². The van der Waals surface area contributed by atoms with Crippen LogP contribution in [-0.4, -0.2) is 27.2 Å². The van der Waals surface area contributed by atoms with Crippen molar-refractivity contribution < 1.29 is 4.21 Å². The standard InChI is InChI=1S/C12H16N2OS2/c1-8-5-4-6-10-11(8)14-12(16-10)13-9(2)7-17(3)15/h4-6,9H,7H2,1-3H3,(H,13,14). The van der Waals surface area contributed by atoms with Crippen LogP contribution in [0.4, 0.5) is 5.13 Å². The normalized spacial score (nSPS) is 14.8. The van der Waals surface area contributed by atoms with Crippen LogP contribution in [0.1, 0.15) is 12.5 Å². The highest BCUT2D eigenvalue weighted by Crippen LogP contribution is 2.28. The van der Waals surface area contributed by atoms with Crippen molar-refractivity contribution in [2.24, 2.45) is 0 Å². The highest BCUT2D eigenvalue weighted by atomic mass is 32.2. The van der Waals surface area contributed by atoms with E-state index in [1.807, 2.05) is 13.0 Å². The summed E-state index contributed by atoms with van der Waals surface area (Å²) in [5.74, 6) is 0.648. The molecule has 5 heteroatoms. The molecule has 92 valence electrons. The molecule has 0 spiro atoms. The van der Waals surface area contributed by atoms with E-state index in [1.54, 1.807) is 17.6 Å². The van der Waals surface area contributed by atoms with Crippen molar-refractivity contribution in [3.05, 3.63) is 23.8 Å². The van der Waals surface area contributed by atoms with Gasteiger partial charge in [-0.25, -0.2) is 4.98 Å². The molecular weight excluding hydrogens is 252 g/mol. The van der Waals surface area contributed by atoms with Crippen LogP contribution < -0.4 is 5.32 Å². The van der Waals surface area contributed by atoms with Gasteiger partial charge in [-0.05, 0) is 25.5 Å². The zero-order valence-electron chi connectivity index (χ0n) is 10.2. The number of aromatic nitrogens is 1. The average molecular weight is 268 g/mol. The van der Waals surface area contributed by atoms with Gasteiger partial charge in [0.15, 0.2) is 5.13 Å². The zero-order chi connectivity index (χ0) is 12.4. The van der Waals surface area contributed by atoms with Crippen LogP contribution in [0.2, 0.25) is 0 Å². The molecule has 0 aliphatic heterocycles. The largest absolute Gasteiger partial charge is 0.358 e. The minimum Gasteiger partial charge on any atom is -0.358 e. The van der Waals surface area contributed by atoms with Gasteiger partial charge < -0.3 is 5.32 Å². The second-order valence-corrected chi connectivity index (χ2v) is 6.74. The van der Waals surface area contributed by atoms with E-state index in [9.17, 15) is 4.21 Å². The molecule has 0 amide bonds.